The number of aliphatic hydroxyl groups is 1. The summed E-state index contributed by atoms with van der Waals surface area (Å²) in [7, 11) is -3.67. The average Bonchev–Trinajstić information content (AvgIpc) is 2.66. The van der Waals surface area contributed by atoms with Crippen LogP contribution in [0.15, 0.2) is 47.4 Å². The molecule has 0 saturated carbocycles. The van der Waals surface area contributed by atoms with Gasteiger partial charge in [0.2, 0.25) is 10.0 Å². The molecular weight excluding hydrogens is 414 g/mol. The Balaban J connectivity index is 1.85. The van der Waals surface area contributed by atoms with Gasteiger partial charge in [0, 0.05) is 23.7 Å². The SMILES string of the molecule is O=C(O)C=Cc1cc(CCO)cc2c1CCC(NS(=O)(=O)c1ccc(Cl)cc1)C2. The van der Waals surface area contributed by atoms with Crippen LogP contribution >= 0.6 is 11.6 Å². The van der Waals surface area contributed by atoms with Crippen LogP contribution in [0.3, 0.4) is 0 Å². The van der Waals surface area contributed by atoms with Gasteiger partial charge in [0.15, 0.2) is 0 Å². The van der Waals surface area contributed by atoms with E-state index in [1.54, 1.807) is 6.08 Å². The van der Waals surface area contributed by atoms with E-state index >= 15 is 0 Å². The number of hydrogen-bond acceptors (Lipinski definition) is 4. The Morgan fingerprint density at radius 1 is 1.24 bits per heavy atom. The first-order chi connectivity index (χ1) is 13.8. The molecule has 3 rings (SSSR count). The minimum atomic E-state index is -3.67. The highest BCUT2D eigenvalue weighted by Crippen LogP contribution is 2.28. The number of halogens is 1. The van der Waals surface area contributed by atoms with E-state index < -0.39 is 16.0 Å². The van der Waals surface area contributed by atoms with Gasteiger partial charge in [-0.05, 0) is 78.3 Å². The van der Waals surface area contributed by atoms with Crippen molar-refractivity contribution < 1.29 is 23.4 Å². The number of benzene rings is 2. The Morgan fingerprint density at radius 3 is 2.62 bits per heavy atom. The summed E-state index contributed by atoms with van der Waals surface area (Å²) in [5.74, 6) is -1.03. The van der Waals surface area contributed by atoms with Crippen molar-refractivity contribution in [3.63, 3.8) is 0 Å². The number of rotatable bonds is 7. The van der Waals surface area contributed by atoms with Crippen molar-refractivity contribution in [2.24, 2.45) is 0 Å². The monoisotopic (exact) mass is 435 g/mol. The lowest BCUT2D eigenvalue weighted by Crippen LogP contribution is -2.39. The minimum Gasteiger partial charge on any atom is -0.478 e. The van der Waals surface area contributed by atoms with Crippen LogP contribution in [-0.2, 0) is 34.1 Å². The molecule has 0 fully saturated rings. The molecule has 1 unspecified atom stereocenters. The second-order valence-corrected chi connectivity index (χ2v) is 9.13. The number of sulfonamides is 1. The molecule has 0 spiro atoms. The molecule has 0 heterocycles. The Hall–Kier alpha value is -2.19. The van der Waals surface area contributed by atoms with Gasteiger partial charge in [-0.3, -0.25) is 0 Å². The lowest BCUT2D eigenvalue weighted by molar-refractivity contribution is -0.131. The fourth-order valence-electron chi connectivity index (χ4n) is 3.58. The average molecular weight is 436 g/mol. The Morgan fingerprint density at radius 2 is 1.97 bits per heavy atom. The summed E-state index contributed by atoms with van der Waals surface area (Å²) in [5, 5.41) is 18.7. The summed E-state index contributed by atoms with van der Waals surface area (Å²) < 4.78 is 28.1. The van der Waals surface area contributed by atoms with Crippen LogP contribution in [0.25, 0.3) is 6.08 Å². The molecule has 1 atom stereocenters. The van der Waals surface area contributed by atoms with Gasteiger partial charge in [0.25, 0.3) is 0 Å². The summed E-state index contributed by atoms with van der Waals surface area (Å²) in [6, 6.07) is 9.58. The Labute approximate surface area is 174 Å². The number of carboxylic acids is 1. The molecule has 6 nitrogen and oxygen atoms in total. The van der Waals surface area contributed by atoms with E-state index in [0.717, 1.165) is 28.3 Å². The van der Waals surface area contributed by atoms with Gasteiger partial charge in [-0.2, -0.15) is 0 Å². The third-order valence-corrected chi connectivity index (χ3v) is 6.69. The molecule has 0 radical (unpaired) electrons. The summed E-state index contributed by atoms with van der Waals surface area (Å²) in [4.78, 5) is 11.1. The van der Waals surface area contributed by atoms with E-state index in [-0.39, 0.29) is 17.5 Å². The van der Waals surface area contributed by atoms with Crippen LogP contribution in [0.2, 0.25) is 5.02 Å². The van der Waals surface area contributed by atoms with Crippen molar-refractivity contribution >= 4 is 33.7 Å². The first-order valence-electron chi connectivity index (χ1n) is 9.23. The maximum Gasteiger partial charge on any atom is 0.328 e. The predicted molar refractivity (Wildman–Crippen MR) is 111 cm³/mol. The molecular formula is C21H22ClNO5S. The van der Waals surface area contributed by atoms with Crippen LogP contribution in [0, 0.1) is 0 Å². The lowest BCUT2D eigenvalue weighted by atomic mass is 9.84. The van der Waals surface area contributed by atoms with E-state index in [1.165, 1.54) is 24.3 Å². The number of nitrogens with one attached hydrogen (secondary N) is 1. The van der Waals surface area contributed by atoms with Gasteiger partial charge in [-0.15, -0.1) is 0 Å². The third-order valence-electron chi connectivity index (χ3n) is 4.90. The highest BCUT2D eigenvalue weighted by molar-refractivity contribution is 7.89. The van der Waals surface area contributed by atoms with Gasteiger partial charge >= 0.3 is 5.97 Å². The van der Waals surface area contributed by atoms with Gasteiger partial charge in [0.1, 0.15) is 0 Å². The van der Waals surface area contributed by atoms with Crippen molar-refractivity contribution in [3.05, 3.63) is 69.8 Å². The molecule has 0 aromatic heterocycles. The smallest absolute Gasteiger partial charge is 0.328 e. The first-order valence-corrected chi connectivity index (χ1v) is 11.1. The maximum absolute atomic E-state index is 12.7. The molecule has 2 aromatic carbocycles. The summed E-state index contributed by atoms with van der Waals surface area (Å²) in [6.07, 6.45) is 4.82. The van der Waals surface area contributed by atoms with Crippen LogP contribution in [0.4, 0.5) is 0 Å². The highest BCUT2D eigenvalue weighted by Gasteiger charge is 2.26. The molecule has 3 N–H and O–H groups in total. The first kappa shape index (κ1) is 21.5. The quantitative estimate of drug-likeness (QED) is 0.580. The molecule has 8 heteroatoms. The Kier molecular flexibility index (Phi) is 6.74. The van der Waals surface area contributed by atoms with Crippen LogP contribution in [0.1, 0.15) is 28.7 Å². The van der Waals surface area contributed by atoms with E-state index in [4.69, 9.17) is 16.7 Å². The number of fused-ring (bicyclic) bond motifs is 1. The van der Waals surface area contributed by atoms with Crippen LogP contribution in [0.5, 0.6) is 0 Å². The summed E-state index contributed by atoms with van der Waals surface area (Å²) in [6.45, 7) is -0.0203. The molecule has 1 aliphatic carbocycles. The van der Waals surface area contributed by atoms with Crippen LogP contribution in [-0.4, -0.2) is 37.2 Å². The van der Waals surface area contributed by atoms with E-state index in [1.807, 2.05) is 12.1 Å². The normalized spacial score (nSPS) is 16.7. The molecule has 29 heavy (non-hydrogen) atoms. The second kappa shape index (κ2) is 9.09. The number of aliphatic hydroxyl groups excluding tert-OH is 1. The molecule has 0 saturated heterocycles. The molecule has 0 bridgehead atoms. The van der Waals surface area contributed by atoms with Crippen molar-refractivity contribution in [3.8, 4) is 0 Å². The fraction of sp³-hybridized carbons (Fsp3) is 0.286. The molecule has 2 aromatic rings. The summed E-state index contributed by atoms with van der Waals surface area (Å²) >= 11 is 5.84. The van der Waals surface area contributed by atoms with E-state index in [2.05, 4.69) is 4.72 Å². The Bertz CT molecular complexity index is 1030. The van der Waals surface area contributed by atoms with Crippen molar-refractivity contribution in [1.82, 2.24) is 4.72 Å². The second-order valence-electron chi connectivity index (χ2n) is 6.98. The zero-order valence-electron chi connectivity index (χ0n) is 15.6. The van der Waals surface area contributed by atoms with Gasteiger partial charge in [-0.25, -0.2) is 17.9 Å². The molecule has 154 valence electrons. The van der Waals surface area contributed by atoms with Gasteiger partial charge < -0.3 is 10.2 Å². The molecule has 0 amide bonds. The largest absolute Gasteiger partial charge is 0.478 e. The van der Waals surface area contributed by atoms with Gasteiger partial charge in [0.05, 0.1) is 4.90 Å². The van der Waals surface area contributed by atoms with Crippen molar-refractivity contribution in [2.45, 2.75) is 36.6 Å². The van der Waals surface area contributed by atoms with Crippen LogP contribution < -0.4 is 4.72 Å². The maximum atomic E-state index is 12.7. The fourth-order valence-corrected chi connectivity index (χ4v) is 4.98. The topological polar surface area (TPSA) is 104 Å². The molecule has 0 aliphatic heterocycles. The van der Waals surface area contributed by atoms with Crippen molar-refractivity contribution in [1.29, 1.82) is 0 Å². The van der Waals surface area contributed by atoms with E-state index in [9.17, 15) is 18.3 Å². The number of hydrogen-bond donors (Lipinski definition) is 3. The summed E-state index contributed by atoms with van der Waals surface area (Å²) in [5.41, 5.74) is 3.67. The minimum absolute atomic E-state index is 0.0203. The zero-order chi connectivity index (χ0) is 21.0. The third kappa shape index (κ3) is 5.45. The number of carbonyl (C=O) groups is 1. The number of aliphatic carboxylic acids is 1. The van der Waals surface area contributed by atoms with Crippen molar-refractivity contribution in [2.75, 3.05) is 6.61 Å². The van der Waals surface area contributed by atoms with Gasteiger partial charge in [-0.1, -0.05) is 23.7 Å². The number of carboxylic acid groups (broad SMARTS) is 1. The standard InChI is InChI=1S/C21H22ClNO5S/c22-17-2-5-19(6-3-17)29(27,28)23-18-4-7-20-15(1-8-21(25)26)11-14(9-10-24)12-16(20)13-18/h1-3,5-6,8,11-12,18,23-24H,4,7,9-10,13H2,(H,25,26). The highest BCUT2D eigenvalue weighted by atomic mass is 35.5. The predicted octanol–water partition coefficient (Wildman–Crippen LogP) is 2.81. The lowest BCUT2D eigenvalue weighted by Gasteiger charge is -2.27. The molecule has 1 aliphatic rings. The zero-order valence-corrected chi connectivity index (χ0v) is 17.2. The van der Waals surface area contributed by atoms with E-state index in [0.29, 0.717) is 30.7 Å².